The van der Waals surface area contributed by atoms with Gasteiger partial charge in [0.2, 0.25) is 5.91 Å². The monoisotopic (exact) mass is 1110 g/mol. The van der Waals surface area contributed by atoms with E-state index in [0.717, 1.165) is 43.9 Å². The van der Waals surface area contributed by atoms with Crippen LogP contribution in [0, 0.1) is 11.8 Å². The van der Waals surface area contributed by atoms with Crippen LogP contribution < -0.4 is 5.32 Å². The zero-order valence-corrected chi connectivity index (χ0v) is 54.0. The van der Waals surface area contributed by atoms with Crippen molar-refractivity contribution in [1.29, 1.82) is 0 Å². The Morgan fingerprint density at radius 2 is 0.722 bits per heavy atom. The first kappa shape index (κ1) is 75.8. The van der Waals surface area contributed by atoms with Gasteiger partial charge in [-0.05, 0) is 56.8 Å². The molecule has 5 nitrogen and oxygen atoms in total. The van der Waals surface area contributed by atoms with Crippen LogP contribution in [0.15, 0.2) is 23.8 Å². The number of hydrogen-bond acceptors (Lipinski definition) is 4. The number of aliphatic hydroxyl groups excluding tert-OH is 3. The van der Waals surface area contributed by atoms with Crippen molar-refractivity contribution in [3.8, 4) is 0 Å². The first-order valence-corrected chi connectivity index (χ1v) is 36.6. The number of aliphatic hydroxyl groups is 3. The average Bonchev–Trinajstić information content (AvgIpc) is 3.45. The van der Waals surface area contributed by atoms with Gasteiger partial charge < -0.3 is 20.6 Å². The van der Waals surface area contributed by atoms with Crippen molar-refractivity contribution in [2.75, 3.05) is 6.61 Å². The molecule has 0 aromatic carbocycles. The lowest BCUT2D eigenvalue weighted by Gasteiger charge is -2.37. The van der Waals surface area contributed by atoms with Gasteiger partial charge in [0.05, 0.1) is 24.9 Å². The number of unbranched alkanes of at least 4 members (excludes halogenated alkanes) is 50. The fourth-order valence-corrected chi connectivity index (χ4v) is 12.7. The van der Waals surface area contributed by atoms with Crippen LogP contribution in [0.3, 0.4) is 0 Å². The molecular weight excluding hydrogens is 967 g/mol. The number of nitrogens with one attached hydrogen (secondary N) is 1. The Morgan fingerprint density at radius 3 is 1.06 bits per heavy atom. The summed E-state index contributed by atoms with van der Waals surface area (Å²) in [7, 11) is 0. The van der Waals surface area contributed by atoms with Crippen molar-refractivity contribution in [2.24, 2.45) is 11.8 Å². The van der Waals surface area contributed by atoms with Gasteiger partial charge in [0.15, 0.2) is 0 Å². The lowest BCUT2D eigenvalue weighted by Crippen LogP contribution is -2.45. The fraction of sp³-hybridized carbons (Fsp3) is 0.932. The summed E-state index contributed by atoms with van der Waals surface area (Å²) in [6.45, 7) is 6.59. The molecule has 0 heterocycles. The third-order valence-corrected chi connectivity index (χ3v) is 18.4. The van der Waals surface area contributed by atoms with E-state index >= 15 is 0 Å². The molecule has 0 aromatic heterocycles. The largest absolute Gasteiger partial charge is 0.394 e. The standard InChI is InChI=1S/C74H143NO4/c1-4-7-10-12-14-16-18-19-33-37-40-43-47-51-55-60-69(59-9-6-3)70-65-68(66-70)58-54-50-46-42-39-36-34-31-29-27-25-23-21-20-22-24-26-28-30-32-35-38-41-45-49-53-57-62-74(79)75-72(67-76)73(78)64-63-71(77)61-56-52-48-44-17-15-13-11-8-5-2/h59,63-64,68,70-73,76-78H,4-58,60-62,65-67H2,1-3H3,(H,75,79)/b64-63+,69-59?. The molecule has 0 aliphatic heterocycles. The van der Waals surface area contributed by atoms with E-state index in [9.17, 15) is 20.1 Å². The first-order chi connectivity index (χ1) is 38.9. The molecule has 468 valence electrons. The number of carbonyl (C=O) groups is 1. The summed E-state index contributed by atoms with van der Waals surface area (Å²) in [5, 5.41) is 33.4. The predicted octanol–water partition coefficient (Wildman–Crippen LogP) is 23.4. The number of allylic oxidation sites excluding steroid dienone is 2. The summed E-state index contributed by atoms with van der Waals surface area (Å²) in [6.07, 6.45) is 85.5. The summed E-state index contributed by atoms with van der Waals surface area (Å²) in [5.41, 5.74) is 1.86. The van der Waals surface area contributed by atoms with Gasteiger partial charge in [0.25, 0.3) is 0 Å². The Balaban J connectivity index is 1.81. The Morgan fingerprint density at radius 1 is 0.405 bits per heavy atom. The topological polar surface area (TPSA) is 89.8 Å². The van der Waals surface area contributed by atoms with Crippen molar-refractivity contribution in [3.05, 3.63) is 23.8 Å². The van der Waals surface area contributed by atoms with Gasteiger partial charge in [0.1, 0.15) is 0 Å². The van der Waals surface area contributed by atoms with Crippen LogP contribution in [0.4, 0.5) is 0 Å². The summed E-state index contributed by atoms with van der Waals surface area (Å²) >= 11 is 0. The zero-order valence-electron chi connectivity index (χ0n) is 54.0. The molecule has 0 radical (unpaired) electrons. The van der Waals surface area contributed by atoms with Crippen molar-refractivity contribution in [3.63, 3.8) is 0 Å². The fourth-order valence-electron chi connectivity index (χ4n) is 12.7. The highest BCUT2D eigenvalue weighted by molar-refractivity contribution is 5.76. The van der Waals surface area contributed by atoms with E-state index in [-0.39, 0.29) is 12.5 Å². The molecule has 3 atom stereocenters. The molecule has 1 saturated carbocycles. The zero-order chi connectivity index (χ0) is 57.0. The Hall–Kier alpha value is -1.17. The SMILES string of the molecule is CCCC=C(CCCCCCCCCCCCCCCCC)C1CC(CCCCCCCCCCCCCCCCCCCCCCCCCCCCCC(=O)NC(CO)C(O)/C=C/C(O)CCCCCCCCCCCC)C1. The lowest BCUT2D eigenvalue weighted by molar-refractivity contribution is -0.123. The summed E-state index contributed by atoms with van der Waals surface area (Å²) in [5.74, 6) is 1.85. The van der Waals surface area contributed by atoms with Gasteiger partial charge in [-0.15, -0.1) is 0 Å². The van der Waals surface area contributed by atoms with Gasteiger partial charge in [-0.2, -0.15) is 0 Å². The van der Waals surface area contributed by atoms with E-state index in [1.807, 2.05) is 5.57 Å². The van der Waals surface area contributed by atoms with Gasteiger partial charge in [-0.25, -0.2) is 0 Å². The molecule has 0 saturated heterocycles. The molecule has 0 bridgehead atoms. The van der Waals surface area contributed by atoms with Crippen molar-refractivity contribution in [2.45, 2.75) is 424 Å². The highest BCUT2D eigenvalue weighted by Gasteiger charge is 2.30. The van der Waals surface area contributed by atoms with Gasteiger partial charge in [-0.3, -0.25) is 4.79 Å². The van der Waals surface area contributed by atoms with Crippen LogP contribution in [-0.4, -0.2) is 46.1 Å². The molecule has 1 rings (SSSR count). The summed E-state index contributed by atoms with van der Waals surface area (Å²) in [6, 6.07) is -0.742. The van der Waals surface area contributed by atoms with Crippen molar-refractivity contribution in [1.82, 2.24) is 5.32 Å². The van der Waals surface area contributed by atoms with Crippen LogP contribution in [0.5, 0.6) is 0 Å². The second kappa shape index (κ2) is 61.4. The molecule has 79 heavy (non-hydrogen) atoms. The minimum absolute atomic E-state index is 0.120. The normalized spacial score (nSPS) is 16.0. The van der Waals surface area contributed by atoms with Crippen LogP contribution in [-0.2, 0) is 4.79 Å². The van der Waals surface area contributed by atoms with Crippen LogP contribution >= 0.6 is 0 Å². The third-order valence-electron chi connectivity index (χ3n) is 18.4. The van der Waals surface area contributed by atoms with Gasteiger partial charge in [0, 0.05) is 6.42 Å². The molecule has 0 spiro atoms. The van der Waals surface area contributed by atoms with Crippen molar-refractivity contribution >= 4 is 5.91 Å². The minimum atomic E-state index is -1.01. The Labute approximate surface area is 495 Å². The molecule has 5 heteroatoms. The predicted molar refractivity (Wildman–Crippen MR) is 349 cm³/mol. The van der Waals surface area contributed by atoms with E-state index < -0.39 is 18.2 Å². The highest BCUT2D eigenvalue weighted by atomic mass is 16.3. The molecule has 1 fully saturated rings. The number of amides is 1. The molecule has 0 aromatic rings. The van der Waals surface area contributed by atoms with E-state index in [1.54, 1.807) is 6.08 Å². The number of rotatable bonds is 65. The van der Waals surface area contributed by atoms with Crippen LogP contribution in [0.2, 0.25) is 0 Å². The Kier molecular flexibility index (Phi) is 58.9. The van der Waals surface area contributed by atoms with Crippen LogP contribution in [0.25, 0.3) is 0 Å². The third kappa shape index (κ3) is 52.1. The Bertz CT molecular complexity index is 1270. The smallest absolute Gasteiger partial charge is 0.220 e. The molecule has 1 aliphatic rings. The highest BCUT2D eigenvalue weighted by Crippen LogP contribution is 2.43. The first-order valence-electron chi connectivity index (χ1n) is 36.6. The van der Waals surface area contributed by atoms with Crippen LogP contribution in [0.1, 0.15) is 406 Å². The van der Waals surface area contributed by atoms with E-state index in [1.165, 1.54) is 346 Å². The second-order valence-electron chi connectivity index (χ2n) is 26.2. The maximum Gasteiger partial charge on any atom is 0.220 e. The van der Waals surface area contributed by atoms with E-state index in [2.05, 4.69) is 32.2 Å². The van der Waals surface area contributed by atoms with Crippen molar-refractivity contribution < 1.29 is 20.1 Å². The van der Waals surface area contributed by atoms with Gasteiger partial charge in [-0.1, -0.05) is 378 Å². The molecule has 1 amide bonds. The maximum absolute atomic E-state index is 12.5. The van der Waals surface area contributed by atoms with E-state index in [4.69, 9.17) is 0 Å². The molecular formula is C74H143NO4. The lowest BCUT2D eigenvalue weighted by atomic mass is 9.68. The number of carbonyl (C=O) groups excluding carboxylic acids is 1. The number of hydrogen-bond donors (Lipinski definition) is 4. The minimum Gasteiger partial charge on any atom is -0.394 e. The molecule has 4 N–H and O–H groups in total. The second-order valence-corrected chi connectivity index (χ2v) is 26.2. The summed E-state index contributed by atoms with van der Waals surface area (Å²) in [4.78, 5) is 12.5. The average molecular weight is 1110 g/mol. The van der Waals surface area contributed by atoms with E-state index in [0.29, 0.717) is 12.8 Å². The quantitative estimate of drug-likeness (QED) is 0.0361. The summed E-state index contributed by atoms with van der Waals surface area (Å²) < 4.78 is 0. The molecule has 3 unspecified atom stereocenters. The molecule has 1 aliphatic carbocycles. The van der Waals surface area contributed by atoms with Gasteiger partial charge >= 0.3 is 0 Å². The maximum atomic E-state index is 12.5.